The van der Waals surface area contributed by atoms with Crippen LogP contribution in [-0.4, -0.2) is 44.2 Å². The standard InChI is InChI=1S/C11H20N4O/c1-14(7-9-8-15(2)13-12-9)10-5-3-4-6-11(10)16/h8,10-11,16H,3-7H2,1-2H3. The van der Waals surface area contributed by atoms with Crippen LogP contribution in [0.15, 0.2) is 6.20 Å². The van der Waals surface area contributed by atoms with E-state index in [-0.39, 0.29) is 12.1 Å². The maximum absolute atomic E-state index is 9.94. The first-order valence-corrected chi connectivity index (χ1v) is 5.90. The lowest BCUT2D eigenvalue weighted by atomic mass is 9.91. The Labute approximate surface area is 96.1 Å². The fraction of sp³-hybridized carbons (Fsp3) is 0.818. The van der Waals surface area contributed by atoms with E-state index >= 15 is 0 Å². The Morgan fingerprint density at radius 3 is 2.88 bits per heavy atom. The van der Waals surface area contributed by atoms with Crippen molar-refractivity contribution in [2.45, 2.75) is 44.4 Å². The molecule has 1 saturated carbocycles. The van der Waals surface area contributed by atoms with Gasteiger partial charge in [0.05, 0.1) is 11.8 Å². The smallest absolute Gasteiger partial charge is 0.0967 e. The van der Waals surface area contributed by atoms with E-state index in [9.17, 15) is 5.11 Å². The summed E-state index contributed by atoms with van der Waals surface area (Å²) >= 11 is 0. The second-order valence-corrected chi connectivity index (χ2v) is 4.72. The van der Waals surface area contributed by atoms with Crippen LogP contribution in [0.5, 0.6) is 0 Å². The summed E-state index contributed by atoms with van der Waals surface area (Å²) in [5, 5.41) is 17.9. The zero-order chi connectivity index (χ0) is 11.5. The number of aryl methyl sites for hydroxylation is 1. The number of hydrogen-bond donors (Lipinski definition) is 1. The molecule has 1 aromatic heterocycles. The van der Waals surface area contributed by atoms with Crippen LogP contribution < -0.4 is 0 Å². The molecule has 0 amide bonds. The van der Waals surface area contributed by atoms with Gasteiger partial charge < -0.3 is 5.11 Å². The lowest BCUT2D eigenvalue weighted by molar-refractivity contribution is 0.0283. The number of aliphatic hydroxyl groups excluding tert-OH is 1. The highest BCUT2D eigenvalue weighted by molar-refractivity contribution is 4.93. The van der Waals surface area contributed by atoms with Crippen molar-refractivity contribution in [1.82, 2.24) is 19.9 Å². The molecule has 0 saturated heterocycles. The van der Waals surface area contributed by atoms with Crippen molar-refractivity contribution in [3.63, 3.8) is 0 Å². The predicted molar refractivity (Wildman–Crippen MR) is 60.7 cm³/mol. The quantitative estimate of drug-likeness (QED) is 0.814. The van der Waals surface area contributed by atoms with Crippen LogP contribution in [0.25, 0.3) is 0 Å². The molecule has 1 aliphatic rings. The third-order valence-electron chi connectivity index (χ3n) is 3.32. The van der Waals surface area contributed by atoms with Gasteiger partial charge >= 0.3 is 0 Å². The zero-order valence-electron chi connectivity index (χ0n) is 10.0. The molecule has 1 heterocycles. The molecular formula is C11H20N4O. The van der Waals surface area contributed by atoms with Crippen molar-refractivity contribution >= 4 is 0 Å². The van der Waals surface area contributed by atoms with Gasteiger partial charge in [-0.2, -0.15) is 0 Å². The van der Waals surface area contributed by atoms with Gasteiger partial charge in [-0.25, -0.2) is 0 Å². The molecule has 0 radical (unpaired) electrons. The minimum atomic E-state index is -0.185. The summed E-state index contributed by atoms with van der Waals surface area (Å²) in [7, 11) is 3.92. The molecule has 1 aliphatic carbocycles. The minimum absolute atomic E-state index is 0.185. The first-order chi connectivity index (χ1) is 7.66. The summed E-state index contributed by atoms with van der Waals surface area (Å²) in [5.74, 6) is 0. The predicted octanol–water partition coefficient (Wildman–Crippen LogP) is 0.550. The molecule has 0 aliphatic heterocycles. The molecule has 16 heavy (non-hydrogen) atoms. The third-order valence-corrected chi connectivity index (χ3v) is 3.32. The second kappa shape index (κ2) is 4.93. The molecule has 0 bridgehead atoms. The molecule has 2 unspecified atom stereocenters. The Kier molecular flexibility index (Phi) is 3.56. The van der Waals surface area contributed by atoms with Gasteiger partial charge in [-0.1, -0.05) is 18.1 Å². The van der Waals surface area contributed by atoms with Gasteiger partial charge in [0.1, 0.15) is 0 Å². The van der Waals surface area contributed by atoms with Crippen LogP contribution in [0.3, 0.4) is 0 Å². The van der Waals surface area contributed by atoms with Crippen molar-refractivity contribution in [2.75, 3.05) is 7.05 Å². The van der Waals surface area contributed by atoms with E-state index in [2.05, 4.69) is 15.2 Å². The Balaban J connectivity index is 1.93. The molecule has 90 valence electrons. The highest BCUT2D eigenvalue weighted by atomic mass is 16.3. The fourth-order valence-corrected chi connectivity index (χ4v) is 2.45. The average molecular weight is 224 g/mol. The Morgan fingerprint density at radius 2 is 2.25 bits per heavy atom. The highest BCUT2D eigenvalue weighted by Crippen LogP contribution is 2.23. The first kappa shape index (κ1) is 11.5. The van der Waals surface area contributed by atoms with Crippen LogP contribution in [0.1, 0.15) is 31.4 Å². The third kappa shape index (κ3) is 2.59. The lowest BCUT2D eigenvalue weighted by Crippen LogP contribution is -2.42. The SMILES string of the molecule is CN(Cc1cn(C)nn1)C1CCCCC1O. The maximum Gasteiger partial charge on any atom is 0.0967 e. The van der Waals surface area contributed by atoms with Crippen molar-refractivity contribution < 1.29 is 5.11 Å². The lowest BCUT2D eigenvalue weighted by Gasteiger charge is -2.34. The minimum Gasteiger partial charge on any atom is -0.391 e. The Hall–Kier alpha value is -0.940. The normalized spacial score (nSPS) is 26.2. The van der Waals surface area contributed by atoms with Gasteiger partial charge in [0.25, 0.3) is 0 Å². The average Bonchev–Trinajstić information content (AvgIpc) is 2.64. The van der Waals surface area contributed by atoms with E-state index in [0.717, 1.165) is 31.5 Å². The van der Waals surface area contributed by atoms with E-state index in [1.54, 1.807) is 4.68 Å². The summed E-state index contributed by atoms with van der Waals surface area (Å²) in [6.45, 7) is 0.759. The van der Waals surface area contributed by atoms with Crippen molar-refractivity contribution in [3.8, 4) is 0 Å². The molecule has 5 nitrogen and oxygen atoms in total. The molecule has 1 fully saturated rings. The molecular weight excluding hydrogens is 204 g/mol. The summed E-state index contributed by atoms with van der Waals surface area (Å²) in [4.78, 5) is 2.19. The van der Waals surface area contributed by atoms with E-state index < -0.39 is 0 Å². The molecule has 0 spiro atoms. The van der Waals surface area contributed by atoms with E-state index in [1.165, 1.54) is 6.42 Å². The van der Waals surface area contributed by atoms with Crippen LogP contribution in [0.2, 0.25) is 0 Å². The Bertz CT molecular complexity index is 338. The maximum atomic E-state index is 9.94. The zero-order valence-corrected chi connectivity index (χ0v) is 10.0. The summed E-state index contributed by atoms with van der Waals surface area (Å²) < 4.78 is 1.71. The van der Waals surface area contributed by atoms with Gasteiger partial charge in [0, 0.05) is 25.8 Å². The van der Waals surface area contributed by atoms with Gasteiger partial charge in [0.2, 0.25) is 0 Å². The van der Waals surface area contributed by atoms with Gasteiger partial charge in [-0.15, -0.1) is 5.10 Å². The number of rotatable bonds is 3. The Morgan fingerprint density at radius 1 is 1.50 bits per heavy atom. The number of aromatic nitrogens is 3. The van der Waals surface area contributed by atoms with E-state index in [1.807, 2.05) is 20.3 Å². The van der Waals surface area contributed by atoms with Crippen molar-refractivity contribution in [2.24, 2.45) is 7.05 Å². The summed E-state index contributed by atoms with van der Waals surface area (Å²) in [6, 6.07) is 0.274. The molecule has 1 aromatic rings. The highest BCUT2D eigenvalue weighted by Gasteiger charge is 2.26. The first-order valence-electron chi connectivity index (χ1n) is 5.90. The fourth-order valence-electron chi connectivity index (χ4n) is 2.45. The number of hydrogen-bond acceptors (Lipinski definition) is 4. The van der Waals surface area contributed by atoms with Crippen LogP contribution in [0, 0.1) is 0 Å². The van der Waals surface area contributed by atoms with E-state index in [0.29, 0.717) is 0 Å². The molecule has 2 rings (SSSR count). The molecule has 0 aromatic carbocycles. The van der Waals surface area contributed by atoms with Gasteiger partial charge in [-0.05, 0) is 19.9 Å². The largest absolute Gasteiger partial charge is 0.391 e. The van der Waals surface area contributed by atoms with Crippen LogP contribution >= 0.6 is 0 Å². The topological polar surface area (TPSA) is 54.2 Å². The van der Waals surface area contributed by atoms with Gasteiger partial charge in [-0.3, -0.25) is 9.58 Å². The van der Waals surface area contributed by atoms with Crippen LogP contribution in [-0.2, 0) is 13.6 Å². The van der Waals surface area contributed by atoms with Crippen molar-refractivity contribution in [1.29, 1.82) is 0 Å². The molecule has 1 N–H and O–H groups in total. The van der Waals surface area contributed by atoms with E-state index in [4.69, 9.17) is 0 Å². The second-order valence-electron chi connectivity index (χ2n) is 4.72. The van der Waals surface area contributed by atoms with Gasteiger partial charge in [0.15, 0.2) is 0 Å². The number of nitrogens with zero attached hydrogens (tertiary/aromatic N) is 4. The number of aliphatic hydroxyl groups is 1. The summed E-state index contributed by atoms with van der Waals surface area (Å²) in [5.41, 5.74) is 0.961. The summed E-state index contributed by atoms with van der Waals surface area (Å²) in [6.07, 6.45) is 6.11. The van der Waals surface area contributed by atoms with Crippen LogP contribution in [0.4, 0.5) is 0 Å². The van der Waals surface area contributed by atoms with Crippen molar-refractivity contribution in [3.05, 3.63) is 11.9 Å². The number of likely N-dealkylation sites (N-methyl/N-ethyl adjacent to an activating group) is 1. The molecule has 5 heteroatoms. The monoisotopic (exact) mass is 224 g/mol. The molecule has 2 atom stereocenters.